The molecule has 1 nitrogen and oxygen atoms in total. The first-order chi connectivity index (χ1) is 9.61. The molecule has 3 heteroatoms. The van der Waals surface area contributed by atoms with E-state index in [1.54, 1.807) is 0 Å². The molecule has 2 aromatic rings. The lowest BCUT2D eigenvalue weighted by atomic mass is 9.95. The topological polar surface area (TPSA) is 12.0 Å². The van der Waals surface area contributed by atoms with E-state index in [2.05, 4.69) is 37.4 Å². The fourth-order valence-electron chi connectivity index (χ4n) is 2.31. The van der Waals surface area contributed by atoms with Gasteiger partial charge in [0, 0.05) is 10.0 Å². The molecule has 0 bridgehead atoms. The Morgan fingerprint density at radius 1 is 1.00 bits per heavy atom. The fourth-order valence-corrected chi connectivity index (χ4v) is 2.67. The minimum Gasteiger partial charge on any atom is -0.306 e. The molecule has 0 fully saturated rings. The molecule has 0 saturated carbocycles. The fraction of sp³-hybridized carbons (Fsp3) is 0.294. The van der Waals surface area contributed by atoms with E-state index in [4.69, 9.17) is 23.2 Å². The van der Waals surface area contributed by atoms with Crippen molar-refractivity contribution < 1.29 is 0 Å². The second-order valence-corrected chi connectivity index (χ2v) is 5.81. The number of halogens is 2. The third-order valence-electron chi connectivity index (χ3n) is 3.34. The van der Waals surface area contributed by atoms with E-state index in [-0.39, 0.29) is 6.04 Å². The number of nitrogens with one attached hydrogen (secondary N) is 1. The monoisotopic (exact) mass is 307 g/mol. The van der Waals surface area contributed by atoms with Crippen LogP contribution in [0.3, 0.4) is 0 Å². The summed E-state index contributed by atoms with van der Waals surface area (Å²) in [5.41, 5.74) is 3.67. The molecule has 0 heterocycles. The maximum Gasteiger partial charge on any atom is 0.0579 e. The largest absolute Gasteiger partial charge is 0.306 e. The Labute approximate surface area is 130 Å². The minimum absolute atomic E-state index is 0.171. The summed E-state index contributed by atoms with van der Waals surface area (Å²) in [6, 6.07) is 14.2. The summed E-state index contributed by atoms with van der Waals surface area (Å²) in [5.74, 6) is 0. The van der Waals surface area contributed by atoms with Crippen LogP contribution in [0.4, 0.5) is 0 Å². The molecule has 106 valence electrons. The van der Waals surface area contributed by atoms with E-state index < -0.39 is 0 Å². The number of hydrogen-bond donors (Lipinski definition) is 1. The summed E-state index contributed by atoms with van der Waals surface area (Å²) < 4.78 is 0. The molecule has 2 aromatic carbocycles. The van der Waals surface area contributed by atoms with Crippen LogP contribution in [-0.4, -0.2) is 6.54 Å². The Bertz CT molecular complexity index is 564. The molecule has 1 unspecified atom stereocenters. The lowest BCUT2D eigenvalue weighted by molar-refractivity contribution is 0.596. The van der Waals surface area contributed by atoms with Gasteiger partial charge in [0.2, 0.25) is 0 Å². The Hall–Kier alpha value is -1.02. The SMILES string of the molecule is CCCNC(c1ccc(Cl)cc1)c1ccc(Cl)cc1C. The van der Waals surface area contributed by atoms with Crippen molar-refractivity contribution in [2.75, 3.05) is 6.54 Å². The van der Waals surface area contributed by atoms with Crippen LogP contribution in [0.25, 0.3) is 0 Å². The molecule has 0 spiro atoms. The van der Waals surface area contributed by atoms with E-state index in [0.717, 1.165) is 23.0 Å². The first-order valence-electron chi connectivity index (χ1n) is 6.86. The summed E-state index contributed by atoms with van der Waals surface area (Å²) >= 11 is 12.0. The number of benzene rings is 2. The Morgan fingerprint density at radius 3 is 2.25 bits per heavy atom. The zero-order valence-electron chi connectivity index (χ0n) is 11.8. The van der Waals surface area contributed by atoms with Crippen LogP contribution < -0.4 is 5.32 Å². The normalized spacial score (nSPS) is 12.4. The van der Waals surface area contributed by atoms with E-state index in [0.29, 0.717) is 0 Å². The summed E-state index contributed by atoms with van der Waals surface area (Å²) in [7, 11) is 0. The molecule has 1 atom stereocenters. The van der Waals surface area contributed by atoms with Crippen LogP contribution in [0.15, 0.2) is 42.5 Å². The van der Waals surface area contributed by atoms with Crippen LogP contribution >= 0.6 is 23.2 Å². The number of aryl methyl sites for hydroxylation is 1. The quantitative estimate of drug-likeness (QED) is 0.780. The summed E-state index contributed by atoms with van der Waals surface area (Å²) in [5, 5.41) is 5.13. The van der Waals surface area contributed by atoms with Crippen molar-refractivity contribution in [1.82, 2.24) is 5.32 Å². The van der Waals surface area contributed by atoms with E-state index in [1.807, 2.05) is 24.3 Å². The Balaban J connectivity index is 2.38. The van der Waals surface area contributed by atoms with Gasteiger partial charge in [-0.3, -0.25) is 0 Å². The van der Waals surface area contributed by atoms with Gasteiger partial charge in [0.25, 0.3) is 0 Å². The molecule has 0 saturated heterocycles. The van der Waals surface area contributed by atoms with Crippen molar-refractivity contribution in [1.29, 1.82) is 0 Å². The maximum absolute atomic E-state index is 6.05. The third kappa shape index (κ3) is 3.76. The molecule has 0 aliphatic carbocycles. The highest BCUT2D eigenvalue weighted by molar-refractivity contribution is 6.30. The number of hydrogen-bond acceptors (Lipinski definition) is 1. The molecular formula is C17H19Cl2N. The molecule has 0 aliphatic rings. The van der Waals surface area contributed by atoms with Crippen LogP contribution in [0, 0.1) is 6.92 Å². The molecular weight excluding hydrogens is 289 g/mol. The van der Waals surface area contributed by atoms with Crippen molar-refractivity contribution in [2.24, 2.45) is 0 Å². The van der Waals surface area contributed by atoms with Crippen molar-refractivity contribution >= 4 is 23.2 Å². The van der Waals surface area contributed by atoms with Gasteiger partial charge in [-0.2, -0.15) is 0 Å². The second kappa shape index (κ2) is 7.12. The van der Waals surface area contributed by atoms with E-state index in [1.165, 1.54) is 16.7 Å². The lowest BCUT2D eigenvalue weighted by Gasteiger charge is -2.22. The van der Waals surface area contributed by atoms with Crippen molar-refractivity contribution in [3.05, 3.63) is 69.2 Å². The highest BCUT2D eigenvalue weighted by Crippen LogP contribution is 2.27. The van der Waals surface area contributed by atoms with Gasteiger partial charge >= 0.3 is 0 Å². The smallest absolute Gasteiger partial charge is 0.0579 e. The van der Waals surface area contributed by atoms with Crippen molar-refractivity contribution in [3.63, 3.8) is 0 Å². The van der Waals surface area contributed by atoms with Gasteiger partial charge in [0.15, 0.2) is 0 Å². The van der Waals surface area contributed by atoms with Gasteiger partial charge in [-0.25, -0.2) is 0 Å². The average molecular weight is 308 g/mol. The summed E-state index contributed by atoms with van der Waals surface area (Å²) in [4.78, 5) is 0. The Kier molecular flexibility index (Phi) is 5.47. The first kappa shape index (κ1) is 15.4. The third-order valence-corrected chi connectivity index (χ3v) is 3.83. The van der Waals surface area contributed by atoms with Crippen molar-refractivity contribution in [3.8, 4) is 0 Å². The summed E-state index contributed by atoms with van der Waals surface area (Å²) in [6.45, 7) is 5.23. The first-order valence-corrected chi connectivity index (χ1v) is 7.62. The predicted octanol–water partition coefficient (Wildman–Crippen LogP) is 5.39. The van der Waals surface area contributed by atoms with Gasteiger partial charge in [0.1, 0.15) is 0 Å². The maximum atomic E-state index is 6.05. The van der Waals surface area contributed by atoms with Crippen molar-refractivity contribution in [2.45, 2.75) is 26.3 Å². The summed E-state index contributed by atoms with van der Waals surface area (Å²) in [6.07, 6.45) is 1.09. The van der Waals surface area contributed by atoms with Crippen LogP contribution in [0.1, 0.15) is 36.1 Å². The predicted molar refractivity (Wildman–Crippen MR) is 87.8 cm³/mol. The van der Waals surface area contributed by atoms with Gasteiger partial charge < -0.3 is 5.32 Å². The molecule has 0 amide bonds. The van der Waals surface area contributed by atoms with Crippen LogP contribution in [0.2, 0.25) is 10.0 Å². The van der Waals surface area contributed by atoms with Gasteiger partial charge in [-0.1, -0.05) is 48.3 Å². The Morgan fingerprint density at radius 2 is 1.65 bits per heavy atom. The highest BCUT2D eigenvalue weighted by atomic mass is 35.5. The van der Waals surface area contributed by atoms with Crippen LogP contribution in [0.5, 0.6) is 0 Å². The molecule has 0 radical (unpaired) electrons. The van der Waals surface area contributed by atoms with Gasteiger partial charge in [-0.15, -0.1) is 0 Å². The zero-order valence-corrected chi connectivity index (χ0v) is 13.3. The molecule has 1 N–H and O–H groups in total. The molecule has 20 heavy (non-hydrogen) atoms. The molecule has 0 aliphatic heterocycles. The standard InChI is InChI=1S/C17H19Cl2N/c1-3-10-20-17(13-4-6-14(18)7-5-13)16-9-8-15(19)11-12(16)2/h4-9,11,17,20H,3,10H2,1-2H3. The number of rotatable bonds is 5. The van der Waals surface area contributed by atoms with Gasteiger partial charge in [-0.05, 0) is 60.8 Å². The highest BCUT2D eigenvalue weighted by Gasteiger charge is 2.15. The molecule has 2 rings (SSSR count). The van der Waals surface area contributed by atoms with Crippen LogP contribution in [-0.2, 0) is 0 Å². The zero-order chi connectivity index (χ0) is 14.5. The minimum atomic E-state index is 0.171. The van der Waals surface area contributed by atoms with E-state index in [9.17, 15) is 0 Å². The second-order valence-electron chi connectivity index (χ2n) is 4.94. The van der Waals surface area contributed by atoms with Gasteiger partial charge in [0.05, 0.1) is 6.04 Å². The average Bonchev–Trinajstić information content (AvgIpc) is 2.42. The lowest BCUT2D eigenvalue weighted by Crippen LogP contribution is -2.23. The molecule has 0 aromatic heterocycles. The van der Waals surface area contributed by atoms with E-state index >= 15 is 0 Å².